The third kappa shape index (κ3) is 2.85. The minimum Gasteiger partial charge on any atom is -0.478 e. The van der Waals surface area contributed by atoms with Gasteiger partial charge in [-0.3, -0.25) is 0 Å². The molecule has 0 amide bonds. The Bertz CT molecular complexity index is 404. The average molecular weight is 234 g/mol. The second-order valence-electron chi connectivity index (χ2n) is 2.96. The van der Waals surface area contributed by atoms with Crippen LogP contribution >= 0.6 is 0 Å². The zero-order valence-corrected chi connectivity index (χ0v) is 8.30. The molecule has 88 valence electrons. The first-order chi connectivity index (χ1) is 7.34. The Labute approximate surface area is 89.1 Å². The molecule has 0 aliphatic rings. The maximum Gasteiger partial charge on any atom is 0.433 e. The van der Waals surface area contributed by atoms with Crippen LogP contribution in [-0.2, 0) is 6.18 Å². The number of rotatable bonds is 3. The van der Waals surface area contributed by atoms with E-state index in [0.717, 1.165) is 6.07 Å². The summed E-state index contributed by atoms with van der Waals surface area (Å²) >= 11 is 0. The van der Waals surface area contributed by atoms with Gasteiger partial charge in [0.2, 0.25) is 0 Å². The molecule has 0 atom stereocenters. The van der Waals surface area contributed by atoms with Gasteiger partial charge < -0.3 is 10.4 Å². The number of carbonyl (C=O) groups is 1. The molecule has 1 rings (SSSR count). The molecule has 7 heteroatoms. The van der Waals surface area contributed by atoms with Crippen molar-refractivity contribution in [3.63, 3.8) is 0 Å². The first-order valence-electron chi connectivity index (χ1n) is 4.41. The van der Waals surface area contributed by atoms with Gasteiger partial charge in [-0.1, -0.05) is 0 Å². The number of aromatic nitrogens is 1. The first kappa shape index (κ1) is 12.3. The molecule has 0 aliphatic heterocycles. The summed E-state index contributed by atoms with van der Waals surface area (Å²) in [6.45, 7) is 2.02. The zero-order chi connectivity index (χ0) is 12.3. The monoisotopic (exact) mass is 234 g/mol. The summed E-state index contributed by atoms with van der Waals surface area (Å²) in [6, 6.07) is 1.56. The number of halogens is 3. The molecule has 0 saturated heterocycles. The fourth-order valence-electron chi connectivity index (χ4n) is 1.07. The van der Waals surface area contributed by atoms with Gasteiger partial charge in [-0.2, -0.15) is 13.2 Å². The van der Waals surface area contributed by atoms with Gasteiger partial charge in [0, 0.05) is 6.54 Å². The van der Waals surface area contributed by atoms with E-state index in [1.807, 2.05) is 0 Å². The minimum atomic E-state index is -4.66. The number of nitrogens with one attached hydrogen (secondary N) is 1. The van der Waals surface area contributed by atoms with Crippen LogP contribution in [0.15, 0.2) is 12.1 Å². The van der Waals surface area contributed by atoms with Crippen molar-refractivity contribution in [1.29, 1.82) is 0 Å². The van der Waals surface area contributed by atoms with Crippen LogP contribution in [0.2, 0.25) is 0 Å². The molecule has 0 saturated carbocycles. The Hall–Kier alpha value is -1.79. The first-order valence-corrected chi connectivity index (χ1v) is 4.41. The Balaban J connectivity index is 3.24. The van der Waals surface area contributed by atoms with E-state index in [1.54, 1.807) is 6.92 Å². The van der Waals surface area contributed by atoms with E-state index in [-0.39, 0.29) is 5.82 Å². The van der Waals surface area contributed by atoms with Crippen molar-refractivity contribution in [2.75, 3.05) is 11.9 Å². The van der Waals surface area contributed by atoms with E-state index >= 15 is 0 Å². The topological polar surface area (TPSA) is 62.2 Å². The highest BCUT2D eigenvalue weighted by atomic mass is 19.4. The smallest absolute Gasteiger partial charge is 0.433 e. The van der Waals surface area contributed by atoms with Crippen molar-refractivity contribution in [2.24, 2.45) is 0 Å². The summed E-state index contributed by atoms with van der Waals surface area (Å²) in [4.78, 5) is 13.9. The lowest BCUT2D eigenvalue weighted by Gasteiger charge is -2.09. The quantitative estimate of drug-likeness (QED) is 0.841. The number of pyridine rings is 1. The standard InChI is InChI=1S/C9H9F3N2O2/c1-2-13-7-4-5(8(15)16)3-6(14-7)9(10,11)12/h3-4H,2H2,1H3,(H,13,14)(H,15,16). The van der Waals surface area contributed by atoms with Crippen LogP contribution in [0.3, 0.4) is 0 Å². The molecule has 0 fully saturated rings. The summed E-state index contributed by atoms with van der Waals surface area (Å²) in [6.07, 6.45) is -4.66. The zero-order valence-electron chi connectivity index (χ0n) is 8.30. The molecular weight excluding hydrogens is 225 g/mol. The molecule has 0 aromatic carbocycles. The second-order valence-corrected chi connectivity index (χ2v) is 2.96. The van der Waals surface area contributed by atoms with Crippen molar-refractivity contribution < 1.29 is 23.1 Å². The lowest BCUT2D eigenvalue weighted by molar-refractivity contribution is -0.141. The minimum absolute atomic E-state index is 0.102. The van der Waals surface area contributed by atoms with Crippen LogP contribution < -0.4 is 5.32 Å². The summed E-state index contributed by atoms with van der Waals surface area (Å²) < 4.78 is 37.1. The van der Waals surface area contributed by atoms with Crippen LogP contribution in [0.4, 0.5) is 19.0 Å². The third-order valence-electron chi connectivity index (χ3n) is 1.72. The van der Waals surface area contributed by atoms with Gasteiger partial charge in [0.1, 0.15) is 11.5 Å². The Morgan fingerprint density at radius 2 is 2.12 bits per heavy atom. The molecule has 16 heavy (non-hydrogen) atoms. The van der Waals surface area contributed by atoms with E-state index < -0.39 is 23.4 Å². The fourth-order valence-corrected chi connectivity index (χ4v) is 1.07. The van der Waals surface area contributed by atoms with Gasteiger partial charge in [0.15, 0.2) is 0 Å². The van der Waals surface area contributed by atoms with Crippen molar-refractivity contribution in [2.45, 2.75) is 13.1 Å². The molecule has 2 N–H and O–H groups in total. The van der Waals surface area contributed by atoms with Crippen molar-refractivity contribution >= 4 is 11.8 Å². The number of hydrogen-bond acceptors (Lipinski definition) is 3. The fraction of sp³-hybridized carbons (Fsp3) is 0.333. The van der Waals surface area contributed by atoms with E-state index in [1.165, 1.54) is 0 Å². The Morgan fingerprint density at radius 1 is 1.50 bits per heavy atom. The molecule has 0 aliphatic carbocycles. The highest BCUT2D eigenvalue weighted by Crippen LogP contribution is 2.29. The lowest BCUT2D eigenvalue weighted by Crippen LogP contribution is -2.13. The molecule has 1 aromatic rings. The summed E-state index contributed by atoms with van der Waals surface area (Å²) in [5.74, 6) is -1.53. The highest BCUT2D eigenvalue weighted by Gasteiger charge is 2.33. The summed E-state index contributed by atoms with van der Waals surface area (Å²) in [5, 5.41) is 11.2. The average Bonchev–Trinajstić information content (AvgIpc) is 2.16. The predicted molar refractivity (Wildman–Crippen MR) is 50.4 cm³/mol. The lowest BCUT2D eigenvalue weighted by atomic mass is 10.2. The Morgan fingerprint density at radius 3 is 2.56 bits per heavy atom. The van der Waals surface area contributed by atoms with Crippen molar-refractivity contribution in [1.82, 2.24) is 4.98 Å². The number of carboxylic acids is 1. The number of anilines is 1. The normalized spacial score (nSPS) is 11.2. The third-order valence-corrected chi connectivity index (χ3v) is 1.72. The van der Waals surface area contributed by atoms with Gasteiger partial charge in [0.25, 0.3) is 0 Å². The van der Waals surface area contributed by atoms with Crippen LogP contribution in [0, 0.1) is 0 Å². The van der Waals surface area contributed by atoms with Gasteiger partial charge in [-0.15, -0.1) is 0 Å². The van der Waals surface area contributed by atoms with E-state index in [4.69, 9.17) is 5.11 Å². The molecule has 0 unspecified atom stereocenters. The van der Waals surface area contributed by atoms with E-state index in [2.05, 4.69) is 10.3 Å². The molecule has 4 nitrogen and oxygen atoms in total. The molecule has 0 spiro atoms. The summed E-state index contributed by atoms with van der Waals surface area (Å²) in [5.41, 5.74) is -1.67. The van der Waals surface area contributed by atoms with Crippen LogP contribution in [-0.4, -0.2) is 22.6 Å². The van der Waals surface area contributed by atoms with E-state index in [9.17, 15) is 18.0 Å². The number of carboxylic acid groups (broad SMARTS) is 1. The van der Waals surface area contributed by atoms with E-state index in [0.29, 0.717) is 12.6 Å². The largest absolute Gasteiger partial charge is 0.478 e. The predicted octanol–water partition coefficient (Wildman–Crippen LogP) is 2.23. The Kier molecular flexibility index (Phi) is 3.36. The second kappa shape index (κ2) is 4.38. The molecule has 1 heterocycles. The SMILES string of the molecule is CCNc1cc(C(=O)O)cc(C(F)(F)F)n1. The number of hydrogen-bond donors (Lipinski definition) is 2. The maximum absolute atomic E-state index is 12.4. The van der Waals surface area contributed by atoms with Gasteiger partial charge in [-0.25, -0.2) is 9.78 Å². The molecule has 0 radical (unpaired) electrons. The van der Waals surface area contributed by atoms with Gasteiger partial charge in [-0.05, 0) is 19.1 Å². The number of nitrogens with zero attached hydrogens (tertiary/aromatic N) is 1. The molecular formula is C9H9F3N2O2. The van der Waals surface area contributed by atoms with Crippen molar-refractivity contribution in [3.05, 3.63) is 23.4 Å². The maximum atomic E-state index is 12.4. The van der Waals surface area contributed by atoms with Crippen LogP contribution in [0.5, 0.6) is 0 Å². The summed E-state index contributed by atoms with van der Waals surface area (Å²) in [7, 11) is 0. The molecule has 1 aromatic heterocycles. The number of alkyl halides is 3. The van der Waals surface area contributed by atoms with Gasteiger partial charge >= 0.3 is 12.1 Å². The van der Waals surface area contributed by atoms with Crippen molar-refractivity contribution in [3.8, 4) is 0 Å². The van der Waals surface area contributed by atoms with Crippen LogP contribution in [0.25, 0.3) is 0 Å². The number of aromatic carboxylic acids is 1. The van der Waals surface area contributed by atoms with Crippen LogP contribution in [0.1, 0.15) is 23.0 Å². The highest BCUT2D eigenvalue weighted by molar-refractivity contribution is 5.88. The van der Waals surface area contributed by atoms with Gasteiger partial charge in [0.05, 0.1) is 5.56 Å². The molecule has 0 bridgehead atoms.